The summed E-state index contributed by atoms with van der Waals surface area (Å²) in [5.41, 5.74) is 2.09. The largest absolute Gasteiger partial charge is 0.371 e. The molecule has 0 radical (unpaired) electrons. The van der Waals surface area contributed by atoms with Gasteiger partial charge in [0.05, 0.1) is 0 Å². The number of fused-ring (bicyclic) bond motifs is 1. The Bertz CT molecular complexity index is 374. The molecule has 2 nitrogen and oxygen atoms in total. The molecule has 18 heavy (non-hydrogen) atoms. The molecule has 2 heteroatoms. The molecule has 2 aliphatic rings. The van der Waals surface area contributed by atoms with E-state index in [1.165, 1.54) is 0 Å². The molecular weight excluding hydrogens is 220 g/mol. The minimum Gasteiger partial charge on any atom is -0.371 e. The second-order valence-corrected chi connectivity index (χ2v) is 7.57. The van der Waals surface area contributed by atoms with Crippen LogP contribution in [0.2, 0.25) is 0 Å². The maximum atomic E-state index is 4.09. The van der Waals surface area contributed by atoms with Gasteiger partial charge in [-0.3, -0.25) is 4.90 Å². The normalized spacial score (nSPS) is 38.8. The van der Waals surface area contributed by atoms with Crippen molar-refractivity contribution in [3.8, 4) is 0 Å². The number of hydrogen-bond donors (Lipinski definition) is 0. The van der Waals surface area contributed by atoms with E-state index in [2.05, 4.69) is 64.6 Å². The molecule has 0 bridgehead atoms. The molecule has 3 atom stereocenters. The first-order chi connectivity index (χ1) is 8.08. The molecule has 102 valence electrons. The first kappa shape index (κ1) is 13.7. The fourth-order valence-corrected chi connectivity index (χ4v) is 3.88. The number of hydrogen-bond acceptors (Lipinski definition) is 2. The van der Waals surface area contributed by atoms with Crippen molar-refractivity contribution < 1.29 is 0 Å². The fraction of sp³-hybridized carbons (Fsp3) is 0.750. The second kappa shape index (κ2) is 3.63. The lowest BCUT2D eigenvalue weighted by atomic mass is 10.0. The highest BCUT2D eigenvalue weighted by Crippen LogP contribution is 2.70. The maximum Gasteiger partial charge on any atom is 0.0287 e. The van der Waals surface area contributed by atoms with E-state index in [0.717, 1.165) is 18.8 Å². The lowest BCUT2D eigenvalue weighted by molar-refractivity contribution is 0.117. The molecule has 1 heterocycles. The Balaban J connectivity index is 2.16. The Labute approximate surface area is 112 Å². The third-order valence-corrected chi connectivity index (χ3v) is 5.55. The highest BCUT2D eigenvalue weighted by atomic mass is 15.3. The zero-order valence-corrected chi connectivity index (χ0v) is 12.9. The molecular formula is C16H28N2. The van der Waals surface area contributed by atoms with E-state index in [1.807, 2.05) is 6.08 Å². The van der Waals surface area contributed by atoms with Crippen molar-refractivity contribution in [1.82, 2.24) is 9.80 Å². The number of likely N-dealkylation sites (tertiary alicyclic amines) is 1. The standard InChI is InChI=1S/C16H28N2/c1-9-12(2)18-10-15(6)13(16(15,7)11-18)17(8)14(3,4)5/h9,13H,1-2,10-11H2,3-8H3/t13?,15-,16+. The third-order valence-electron chi connectivity index (χ3n) is 5.55. The van der Waals surface area contributed by atoms with E-state index < -0.39 is 0 Å². The predicted octanol–water partition coefficient (Wildman–Crippen LogP) is 3.13. The van der Waals surface area contributed by atoms with Gasteiger partial charge in [-0.05, 0) is 33.9 Å². The van der Waals surface area contributed by atoms with E-state index in [-0.39, 0.29) is 5.54 Å². The van der Waals surface area contributed by atoms with Crippen LogP contribution < -0.4 is 0 Å². The molecule has 0 amide bonds. The van der Waals surface area contributed by atoms with Crippen LogP contribution in [0.5, 0.6) is 0 Å². The van der Waals surface area contributed by atoms with Crippen molar-refractivity contribution in [3.63, 3.8) is 0 Å². The van der Waals surface area contributed by atoms with Gasteiger partial charge in [-0.2, -0.15) is 0 Å². The first-order valence-corrected chi connectivity index (χ1v) is 6.87. The molecule has 1 aliphatic carbocycles. The van der Waals surface area contributed by atoms with Crippen LogP contribution in [-0.2, 0) is 0 Å². The van der Waals surface area contributed by atoms with Crippen molar-refractivity contribution in [1.29, 1.82) is 0 Å². The summed E-state index contributed by atoms with van der Waals surface area (Å²) in [4.78, 5) is 4.95. The summed E-state index contributed by atoms with van der Waals surface area (Å²) in [7, 11) is 2.27. The van der Waals surface area contributed by atoms with Gasteiger partial charge in [-0.25, -0.2) is 0 Å². The fourth-order valence-electron chi connectivity index (χ4n) is 3.88. The van der Waals surface area contributed by atoms with Crippen LogP contribution in [0.1, 0.15) is 34.6 Å². The molecule has 0 aromatic heterocycles. The van der Waals surface area contributed by atoms with Crippen LogP contribution in [0.25, 0.3) is 0 Å². The van der Waals surface area contributed by atoms with Crippen molar-refractivity contribution in [2.45, 2.75) is 46.2 Å². The smallest absolute Gasteiger partial charge is 0.0287 e. The molecule has 1 unspecified atom stereocenters. The Morgan fingerprint density at radius 3 is 2.06 bits per heavy atom. The third kappa shape index (κ3) is 1.58. The van der Waals surface area contributed by atoms with Gasteiger partial charge in [-0.1, -0.05) is 27.0 Å². The van der Waals surface area contributed by atoms with E-state index >= 15 is 0 Å². The lowest BCUT2D eigenvalue weighted by Crippen LogP contribution is -2.45. The minimum absolute atomic E-state index is 0.237. The van der Waals surface area contributed by atoms with E-state index in [0.29, 0.717) is 16.9 Å². The van der Waals surface area contributed by atoms with Crippen molar-refractivity contribution >= 4 is 0 Å². The molecule has 1 saturated heterocycles. The van der Waals surface area contributed by atoms with Gasteiger partial charge < -0.3 is 4.90 Å². The average molecular weight is 248 g/mol. The molecule has 0 spiro atoms. The maximum absolute atomic E-state index is 4.09. The molecule has 2 fully saturated rings. The van der Waals surface area contributed by atoms with Crippen LogP contribution in [0, 0.1) is 10.8 Å². The average Bonchev–Trinajstić information content (AvgIpc) is 2.54. The zero-order chi connectivity index (χ0) is 13.9. The Hall–Kier alpha value is -0.760. The molecule has 1 aliphatic heterocycles. The van der Waals surface area contributed by atoms with Gasteiger partial charge >= 0.3 is 0 Å². The van der Waals surface area contributed by atoms with Gasteiger partial charge in [-0.15, -0.1) is 0 Å². The minimum atomic E-state index is 0.237. The zero-order valence-electron chi connectivity index (χ0n) is 12.9. The summed E-state index contributed by atoms with van der Waals surface area (Å²) >= 11 is 0. The molecule has 0 aromatic carbocycles. The molecule has 0 N–H and O–H groups in total. The highest BCUT2D eigenvalue weighted by Gasteiger charge is 2.76. The first-order valence-electron chi connectivity index (χ1n) is 6.87. The topological polar surface area (TPSA) is 6.48 Å². The van der Waals surface area contributed by atoms with Crippen LogP contribution in [0.4, 0.5) is 0 Å². The van der Waals surface area contributed by atoms with Crippen LogP contribution in [0.15, 0.2) is 24.9 Å². The highest BCUT2D eigenvalue weighted by molar-refractivity contribution is 5.32. The summed E-state index contributed by atoms with van der Waals surface area (Å²) in [5.74, 6) is 0. The molecule has 0 aromatic rings. The molecule has 2 rings (SSSR count). The summed E-state index contributed by atoms with van der Waals surface area (Å²) in [6, 6.07) is 0.680. The van der Waals surface area contributed by atoms with E-state index in [9.17, 15) is 0 Å². The molecule has 1 saturated carbocycles. The number of rotatable bonds is 3. The summed E-state index contributed by atoms with van der Waals surface area (Å²) in [6.07, 6.45) is 1.87. The predicted molar refractivity (Wildman–Crippen MR) is 78.4 cm³/mol. The quantitative estimate of drug-likeness (QED) is 0.708. The lowest BCUT2D eigenvalue weighted by Gasteiger charge is -2.37. The van der Waals surface area contributed by atoms with Gasteiger partial charge in [0.15, 0.2) is 0 Å². The van der Waals surface area contributed by atoms with Crippen LogP contribution >= 0.6 is 0 Å². The van der Waals surface area contributed by atoms with Crippen molar-refractivity contribution in [3.05, 3.63) is 24.9 Å². The Kier molecular flexibility index (Phi) is 2.76. The van der Waals surface area contributed by atoms with E-state index in [1.54, 1.807) is 0 Å². The van der Waals surface area contributed by atoms with E-state index in [4.69, 9.17) is 0 Å². The monoisotopic (exact) mass is 248 g/mol. The second-order valence-electron chi connectivity index (χ2n) is 7.57. The van der Waals surface area contributed by atoms with Gasteiger partial charge in [0.1, 0.15) is 0 Å². The van der Waals surface area contributed by atoms with Gasteiger partial charge in [0, 0.05) is 41.2 Å². The Morgan fingerprint density at radius 2 is 1.72 bits per heavy atom. The van der Waals surface area contributed by atoms with Crippen LogP contribution in [-0.4, -0.2) is 41.5 Å². The SMILES string of the molecule is C=CC(=C)N1C[C@@]2(C)C(N(C)C(C)(C)C)[C@@]2(C)C1. The summed E-state index contributed by atoms with van der Waals surface area (Å²) in [6.45, 7) is 21.9. The van der Waals surface area contributed by atoms with Crippen molar-refractivity contribution in [2.24, 2.45) is 10.8 Å². The number of allylic oxidation sites excluding steroid dienone is 1. The Morgan fingerprint density at radius 1 is 1.28 bits per heavy atom. The van der Waals surface area contributed by atoms with Crippen LogP contribution in [0.3, 0.4) is 0 Å². The van der Waals surface area contributed by atoms with Gasteiger partial charge in [0.2, 0.25) is 0 Å². The summed E-state index contributed by atoms with van der Waals surface area (Å²) in [5, 5.41) is 0. The summed E-state index contributed by atoms with van der Waals surface area (Å²) < 4.78 is 0. The van der Waals surface area contributed by atoms with Crippen molar-refractivity contribution in [2.75, 3.05) is 20.1 Å². The number of piperidine rings is 1. The van der Waals surface area contributed by atoms with Gasteiger partial charge in [0.25, 0.3) is 0 Å². The number of nitrogens with zero attached hydrogens (tertiary/aromatic N) is 2.